The van der Waals surface area contributed by atoms with Crippen LogP contribution in [0.1, 0.15) is 44.6 Å². The molecule has 1 aliphatic rings. The summed E-state index contributed by atoms with van der Waals surface area (Å²) in [4.78, 5) is 28.7. The van der Waals surface area contributed by atoms with E-state index in [4.69, 9.17) is 5.73 Å². The Hall–Kier alpha value is -1.92. The molecule has 6 heteroatoms. The minimum atomic E-state index is 0.00980. The van der Waals surface area contributed by atoms with Crippen LogP contribution in [0.3, 0.4) is 0 Å². The van der Waals surface area contributed by atoms with E-state index in [1.54, 1.807) is 0 Å². The van der Waals surface area contributed by atoms with Crippen LogP contribution >= 0.6 is 0 Å². The second-order valence-electron chi connectivity index (χ2n) is 7.17. The van der Waals surface area contributed by atoms with Gasteiger partial charge in [-0.15, -0.1) is 0 Å². The average molecular weight is 375 g/mol. The van der Waals surface area contributed by atoms with Crippen molar-refractivity contribution in [3.05, 3.63) is 29.8 Å². The van der Waals surface area contributed by atoms with E-state index in [1.165, 1.54) is 0 Å². The van der Waals surface area contributed by atoms with Crippen LogP contribution in [-0.4, -0.2) is 60.9 Å². The number of carbonyl (C=O) groups excluding carboxylic acids is 2. The molecule has 6 nitrogen and oxygen atoms in total. The number of nitrogens with two attached hydrogens (primary N) is 1. The van der Waals surface area contributed by atoms with Crippen LogP contribution in [0.15, 0.2) is 24.3 Å². The fourth-order valence-electron chi connectivity index (χ4n) is 3.43. The van der Waals surface area contributed by atoms with E-state index in [9.17, 15) is 9.59 Å². The molecule has 2 rings (SSSR count). The average Bonchev–Trinajstić information content (AvgIpc) is 2.68. The molecule has 1 fully saturated rings. The Bertz CT molecular complexity index is 598. The zero-order chi connectivity index (χ0) is 19.5. The molecular weight excluding hydrogens is 340 g/mol. The van der Waals surface area contributed by atoms with Gasteiger partial charge in [0.15, 0.2) is 0 Å². The summed E-state index contributed by atoms with van der Waals surface area (Å²) in [7, 11) is 0. The fraction of sp³-hybridized carbons (Fsp3) is 0.619. The van der Waals surface area contributed by atoms with E-state index in [0.29, 0.717) is 26.1 Å². The Kier molecular flexibility index (Phi) is 9.28. The van der Waals surface area contributed by atoms with Crippen LogP contribution < -0.4 is 11.1 Å². The summed E-state index contributed by atoms with van der Waals surface area (Å²) in [5, 5.41) is 3.02. The van der Waals surface area contributed by atoms with Crippen molar-refractivity contribution in [3.63, 3.8) is 0 Å². The quantitative estimate of drug-likeness (QED) is 0.616. The Balaban J connectivity index is 1.68. The highest BCUT2D eigenvalue weighted by atomic mass is 16.2. The number of hydrogen-bond donors (Lipinski definition) is 2. The van der Waals surface area contributed by atoms with E-state index < -0.39 is 0 Å². The number of nitrogens with zero attached hydrogens (tertiary/aromatic N) is 2. The fourth-order valence-corrected chi connectivity index (χ4v) is 3.43. The monoisotopic (exact) mass is 374 g/mol. The summed E-state index contributed by atoms with van der Waals surface area (Å²) < 4.78 is 0. The summed E-state index contributed by atoms with van der Waals surface area (Å²) in [5.41, 5.74) is 7.53. The van der Waals surface area contributed by atoms with Gasteiger partial charge in [-0.05, 0) is 37.4 Å². The van der Waals surface area contributed by atoms with Crippen LogP contribution in [0, 0.1) is 0 Å². The standard InChI is InChI=1S/C21H34N4O2/c1-2-18-9-6-7-10-19(18)23-20(26)17-24-13-15-25(16-14-24)21(27)11-5-3-4-8-12-22/h6-7,9-10H,2-5,8,11-17,22H2,1H3,(H,23,26). The molecule has 1 aromatic carbocycles. The second-order valence-corrected chi connectivity index (χ2v) is 7.17. The number of amides is 2. The van der Waals surface area contributed by atoms with Crippen molar-refractivity contribution in [1.82, 2.24) is 9.80 Å². The molecule has 1 saturated heterocycles. The number of carbonyl (C=O) groups is 2. The van der Waals surface area contributed by atoms with Crippen LogP contribution in [0.4, 0.5) is 5.69 Å². The van der Waals surface area contributed by atoms with Gasteiger partial charge in [0, 0.05) is 38.3 Å². The molecule has 0 spiro atoms. The van der Waals surface area contributed by atoms with E-state index in [0.717, 1.165) is 63.0 Å². The lowest BCUT2D eigenvalue weighted by Gasteiger charge is -2.34. The van der Waals surface area contributed by atoms with Crippen LogP contribution in [0.5, 0.6) is 0 Å². The number of hydrogen-bond acceptors (Lipinski definition) is 4. The minimum Gasteiger partial charge on any atom is -0.340 e. The molecular formula is C21H34N4O2. The topological polar surface area (TPSA) is 78.7 Å². The third kappa shape index (κ3) is 7.31. The zero-order valence-corrected chi connectivity index (χ0v) is 16.6. The molecule has 0 bridgehead atoms. The van der Waals surface area contributed by atoms with Crippen molar-refractivity contribution >= 4 is 17.5 Å². The number of piperazine rings is 1. The van der Waals surface area contributed by atoms with E-state index in [-0.39, 0.29) is 11.8 Å². The van der Waals surface area contributed by atoms with E-state index in [1.807, 2.05) is 29.2 Å². The summed E-state index contributed by atoms with van der Waals surface area (Å²) >= 11 is 0. The summed E-state index contributed by atoms with van der Waals surface area (Å²) in [6.45, 7) is 6.11. The molecule has 27 heavy (non-hydrogen) atoms. The molecule has 1 aliphatic heterocycles. The third-order valence-electron chi connectivity index (χ3n) is 5.11. The van der Waals surface area contributed by atoms with Gasteiger partial charge in [-0.25, -0.2) is 0 Å². The van der Waals surface area contributed by atoms with Crippen LogP contribution in [0.25, 0.3) is 0 Å². The summed E-state index contributed by atoms with van der Waals surface area (Å²) in [5.74, 6) is 0.249. The Morgan fingerprint density at radius 1 is 1.04 bits per heavy atom. The highest BCUT2D eigenvalue weighted by molar-refractivity contribution is 5.93. The summed E-state index contributed by atoms with van der Waals surface area (Å²) in [6.07, 6.45) is 5.68. The lowest BCUT2D eigenvalue weighted by atomic mass is 10.1. The van der Waals surface area contributed by atoms with Crippen LogP contribution in [-0.2, 0) is 16.0 Å². The first kappa shape index (κ1) is 21.4. The van der Waals surface area contributed by atoms with Gasteiger partial charge in [-0.2, -0.15) is 0 Å². The maximum atomic E-state index is 12.3. The predicted octanol–water partition coefficient (Wildman–Crippen LogP) is 2.24. The molecule has 1 heterocycles. The van der Waals surface area contributed by atoms with Gasteiger partial charge >= 0.3 is 0 Å². The lowest BCUT2D eigenvalue weighted by Crippen LogP contribution is -2.50. The molecule has 150 valence electrons. The van der Waals surface area contributed by atoms with Crippen molar-refractivity contribution in [2.45, 2.75) is 45.4 Å². The first-order chi connectivity index (χ1) is 13.1. The van der Waals surface area contributed by atoms with E-state index >= 15 is 0 Å². The van der Waals surface area contributed by atoms with Gasteiger partial charge in [0.05, 0.1) is 6.54 Å². The minimum absolute atomic E-state index is 0.00980. The number of anilines is 1. The largest absolute Gasteiger partial charge is 0.340 e. The van der Waals surface area contributed by atoms with Crippen molar-refractivity contribution < 1.29 is 9.59 Å². The molecule has 0 aromatic heterocycles. The number of aryl methyl sites for hydroxylation is 1. The second kappa shape index (κ2) is 11.7. The number of rotatable bonds is 10. The molecule has 0 radical (unpaired) electrons. The maximum Gasteiger partial charge on any atom is 0.238 e. The zero-order valence-electron chi connectivity index (χ0n) is 16.6. The molecule has 3 N–H and O–H groups in total. The number of benzene rings is 1. The lowest BCUT2D eigenvalue weighted by molar-refractivity contribution is -0.133. The maximum absolute atomic E-state index is 12.3. The number of unbranched alkanes of at least 4 members (excludes halogenated alkanes) is 3. The van der Waals surface area contributed by atoms with Crippen molar-refractivity contribution in [3.8, 4) is 0 Å². The van der Waals surface area contributed by atoms with E-state index in [2.05, 4.69) is 17.1 Å². The Morgan fingerprint density at radius 2 is 1.74 bits per heavy atom. The Morgan fingerprint density at radius 3 is 2.44 bits per heavy atom. The normalized spacial score (nSPS) is 15.0. The van der Waals surface area contributed by atoms with Gasteiger partial charge in [-0.3, -0.25) is 14.5 Å². The molecule has 0 aliphatic carbocycles. The number of para-hydroxylation sites is 1. The van der Waals surface area contributed by atoms with Gasteiger partial charge in [-0.1, -0.05) is 38.0 Å². The highest BCUT2D eigenvalue weighted by Gasteiger charge is 2.22. The molecule has 2 amide bonds. The summed E-state index contributed by atoms with van der Waals surface area (Å²) in [6, 6.07) is 7.91. The first-order valence-electron chi connectivity index (χ1n) is 10.2. The molecule has 0 saturated carbocycles. The first-order valence-corrected chi connectivity index (χ1v) is 10.2. The molecule has 0 atom stereocenters. The van der Waals surface area contributed by atoms with Crippen molar-refractivity contribution in [2.75, 3.05) is 44.6 Å². The van der Waals surface area contributed by atoms with Gasteiger partial charge in [0.1, 0.15) is 0 Å². The van der Waals surface area contributed by atoms with Crippen molar-refractivity contribution in [2.24, 2.45) is 5.73 Å². The highest BCUT2D eigenvalue weighted by Crippen LogP contribution is 2.15. The third-order valence-corrected chi connectivity index (χ3v) is 5.11. The molecule has 0 unspecified atom stereocenters. The van der Waals surface area contributed by atoms with Crippen LogP contribution in [0.2, 0.25) is 0 Å². The van der Waals surface area contributed by atoms with Gasteiger partial charge in [0.25, 0.3) is 0 Å². The predicted molar refractivity (Wildman–Crippen MR) is 110 cm³/mol. The Labute approximate surface area is 163 Å². The van der Waals surface area contributed by atoms with Gasteiger partial charge < -0.3 is 16.0 Å². The van der Waals surface area contributed by atoms with Crippen molar-refractivity contribution in [1.29, 1.82) is 0 Å². The molecule has 1 aromatic rings. The number of nitrogens with one attached hydrogen (secondary N) is 1. The van der Waals surface area contributed by atoms with Gasteiger partial charge in [0.2, 0.25) is 11.8 Å². The SMILES string of the molecule is CCc1ccccc1NC(=O)CN1CCN(C(=O)CCCCCCN)CC1. The smallest absolute Gasteiger partial charge is 0.238 e.